The van der Waals surface area contributed by atoms with Crippen molar-refractivity contribution in [2.45, 2.75) is 36.5 Å². The molecular weight excluding hydrogens is 518 g/mol. The Kier molecular flexibility index (Phi) is 6.13. The lowest BCUT2D eigenvalue weighted by atomic mass is 9.68. The van der Waals surface area contributed by atoms with E-state index in [2.05, 4.69) is 9.71 Å². The van der Waals surface area contributed by atoms with Crippen molar-refractivity contribution in [3.05, 3.63) is 70.6 Å². The number of aromatic nitrogens is 2. The van der Waals surface area contributed by atoms with E-state index in [9.17, 15) is 26.4 Å². The topological polar surface area (TPSA) is 103 Å². The summed E-state index contributed by atoms with van der Waals surface area (Å²) >= 11 is 0. The van der Waals surface area contributed by atoms with Gasteiger partial charge in [0.2, 0.25) is 0 Å². The van der Waals surface area contributed by atoms with Gasteiger partial charge in [-0.05, 0) is 54.7 Å². The minimum atomic E-state index is -4.31. The van der Waals surface area contributed by atoms with Gasteiger partial charge in [0.15, 0.2) is 0 Å². The summed E-state index contributed by atoms with van der Waals surface area (Å²) in [5, 5.41) is 0.370. The van der Waals surface area contributed by atoms with Crippen LogP contribution in [0.2, 0.25) is 0 Å². The van der Waals surface area contributed by atoms with Gasteiger partial charge in [-0.15, -0.1) is 0 Å². The smallest absolute Gasteiger partial charge is 0.391 e. The molecule has 8 nitrogen and oxygen atoms in total. The molecule has 0 bridgehead atoms. The van der Waals surface area contributed by atoms with Crippen LogP contribution < -0.4 is 10.3 Å². The average molecular weight is 540 g/mol. The van der Waals surface area contributed by atoms with Gasteiger partial charge in [-0.25, -0.2) is 22.5 Å². The normalized spacial score (nSPS) is 22.5. The fourth-order valence-corrected chi connectivity index (χ4v) is 5.72. The largest absolute Gasteiger partial charge is 0.495 e. The number of anilines is 1. The van der Waals surface area contributed by atoms with Crippen molar-refractivity contribution < 1.29 is 35.1 Å². The van der Waals surface area contributed by atoms with Crippen LogP contribution in [0, 0.1) is 11.8 Å². The van der Waals surface area contributed by atoms with E-state index in [0.717, 1.165) is 0 Å². The van der Waals surface area contributed by atoms with E-state index in [1.807, 2.05) is 0 Å². The number of sulfonamides is 1. The van der Waals surface area contributed by atoms with Gasteiger partial charge in [0.25, 0.3) is 15.6 Å². The fraction of sp³-hybridized carbons (Fsp3) is 0.333. The summed E-state index contributed by atoms with van der Waals surface area (Å²) in [6.07, 6.45) is -2.70. The minimum absolute atomic E-state index is 0.122. The maximum atomic E-state index is 15.3. The molecule has 1 atom stereocenters. The summed E-state index contributed by atoms with van der Waals surface area (Å²) in [4.78, 5) is 16.5. The monoisotopic (exact) mass is 539 g/mol. The van der Waals surface area contributed by atoms with Crippen molar-refractivity contribution in [2.75, 3.05) is 11.8 Å². The summed E-state index contributed by atoms with van der Waals surface area (Å²) in [6, 6.07) is 6.46. The molecule has 1 unspecified atom stereocenters. The van der Waals surface area contributed by atoms with Crippen molar-refractivity contribution >= 4 is 32.6 Å². The Bertz CT molecular complexity index is 1570. The van der Waals surface area contributed by atoms with Gasteiger partial charge in [-0.3, -0.25) is 9.36 Å². The molecule has 3 aromatic rings. The Morgan fingerprint density at radius 3 is 2.59 bits per heavy atom. The maximum Gasteiger partial charge on any atom is 0.391 e. The molecule has 2 aliphatic carbocycles. The van der Waals surface area contributed by atoms with Crippen LogP contribution in [0.1, 0.15) is 19.3 Å². The highest BCUT2D eigenvalue weighted by atomic mass is 32.2. The quantitative estimate of drug-likeness (QED) is 0.449. The third kappa shape index (κ3) is 4.63. The Morgan fingerprint density at radius 1 is 1.19 bits per heavy atom. The van der Waals surface area contributed by atoms with Crippen molar-refractivity contribution in [1.82, 2.24) is 9.55 Å². The molecule has 1 aromatic carbocycles. The van der Waals surface area contributed by atoms with Crippen LogP contribution in [0.5, 0.6) is 0 Å². The molecule has 0 spiro atoms. The van der Waals surface area contributed by atoms with E-state index < -0.39 is 39.8 Å². The van der Waals surface area contributed by atoms with E-state index in [1.165, 1.54) is 60.5 Å². The highest BCUT2D eigenvalue weighted by Crippen LogP contribution is 2.50. The summed E-state index contributed by atoms with van der Waals surface area (Å²) in [5.41, 5.74) is 0.210. The molecule has 5 rings (SSSR count). The maximum absolute atomic E-state index is 15.3. The number of oxazole rings is 1. The molecule has 2 aromatic heterocycles. The third-order valence-corrected chi connectivity index (χ3v) is 8.03. The molecule has 13 heteroatoms. The van der Waals surface area contributed by atoms with Crippen molar-refractivity contribution in [3.63, 3.8) is 0 Å². The van der Waals surface area contributed by atoms with Gasteiger partial charge < -0.3 is 9.15 Å². The molecule has 1 saturated carbocycles. The Hall–Kier alpha value is -3.61. The number of benzene rings is 1. The first kappa shape index (κ1) is 25.1. The number of nitrogens with zero attached hydrogens (tertiary/aromatic N) is 2. The number of pyridine rings is 1. The highest BCUT2D eigenvalue weighted by Gasteiger charge is 2.50. The molecule has 1 N–H and O–H groups in total. The number of fused-ring (bicyclic) bond motifs is 1. The van der Waals surface area contributed by atoms with Crippen LogP contribution in [-0.2, 0) is 14.8 Å². The van der Waals surface area contributed by atoms with Gasteiger partial charge in [0, 0.05) is 17.9 Å². The molecule has 0 amide bonds. The average Bonchev–Trinajstić information content (AvgIpc) is 3.30. The van der Waals surface area contributed by atoms with E-state index in [4.69, 9.17) is 9.15 Å². The third-order valence-electron chi connectivity index (χ3n) is 6.71. The lowest BCUT2D eigenvalue weighted by molar-refractivity contribution is -0.202. The first-order chi connectivity index (χ1) is 17.5. The van der Waals surface area contributed by atoms with Crippen LogP contribution in [0.15, 0.2) is 74.3 Å². The number of hydrogen-bond acceptors (Lipinski definition) is 6. The zero-order chi connectivity index (χ0) is 26.5. The number of rotatable bonds is 6. The summed E-state index contributed by atoms with van der Waals surface area (Å²) in [5.74, 6) is -1.84. The van der Waals surface area contributed by atoms with Gasteiger partial charge in [0.05, 0.1) is 35.3 Å². The standard InChI is InChI=1S/C24H21F4N3O5S/c1-35-21-11-17(14-8-15(9-14)24(26,27)28)18(25)12-20(21)31-19-4-3-16(10-13(19)2-5-22(31)32)37(33,34)30-23-29-6-7-36-23/h2-7,10-11,14-15,18H,8-9,12H2,1H3,(H,29,30)/t14-,15-,18?. The first-order valence-corrected chi connectivity index (χ1v) is 12.7. The molecule has 0 radical (unpaired) electrons. The van der Waals surface area contributed by atoms with Crippen LogP contribution in [0.4, 0.5) is 23.6 Å². The second-order valence-corrected chi connectivity index (χ2v) is 10.6. The van der Waals surface area contributed by atoms with Crippen LogP contribution >= 0.6 is 0 Å². The van der Waals surface area contributed by atoms with Gasteiger partial charge >= 0.3 is 12.2 Å². The molecule has 196 valence electrons. The van der Waals surface area contributed by atoms with Crippen LogP contribution in [0.3, 0.4) is 0 Å². The molecule has 2 heterocycles. The predicted octanol–water partition coefficient (Wildman–Crippen LogP) is 4.86. The van der Waals surface area contributed by atoms with Crippen molar-refractivity contribution in [3.8, 4) is 0 Å². The lowest BCUT2D eigenvalue weighted by Gasteiger charge is -2.40. The van der Waals surface area contributed by atoms with E-state index in [0.29, 0.717) is 10.9 Å². The van der Waals surface area contributed by atoms with Crippen LogP contribution in [-0.4, -0.2) is 37.4 Å². The van der Waals surface area contributed by atoms with E-state index in [1.54, 1.807) is 0 Å². The fourth-order valence-electron chi connectivity index (χ4n) is 4.74. The van der Waals surface area contributed by atoms with Gasteiger partial charge in [0.1, 0.15) is 18.2 Å². The second kappa shape index (κ2) is 9.05. The van der Waals surface area contributed by atoms with Gasteiger partial charge in [-0.1, -0.05) is 0 Å². The molecular formula is C24H21F4N3O5S. The lowest BCUT2D eigenvalue weighted by Crippen LogP contribution is -2.39. The molecule has 0 aliphatic heterocycles. The summed E-state index contributed by atoms with van der Waals surface area (Å²) in [7, 11) is -2.73. The molecule has 2 aliphatic rings. The number of allylic oxidation sites excluding steroid dienone is 3. The van der Waals surface area contributed by atoms with Crippen LogP contribution in [0.25, 0.3) is 16.6 Å². The van der Waals surface area contributed by atoms with Crippen molar-refractivity contribution in [1.29, 1.82) is 0 Å². The number of methoxy groups -OCH3 is 1. The molecule has 0 saturated heterocycles. The number of hydrogen-bond donors (Lipinski definition) is 1. The first-order valence-electron chi connectivity index (χ1n) is 11.3. The van der Waals surface area contributed by atoms with E-state index in [-0.39, 0.29) is 47.2 Å². The Morgan fingerprint density at radius 2 is 1.95 bits per heavy atom. The summed E-state index contributed by atoms with van der Waals surface area (Å²) in [6.45, 7) is 0. The van der Waals surface area contributed by atoms with Gasteiger partial charge in [-0.2, -0.15) is 13.2 Å². The Labute approximate surface area is 208 Å². The summed E-state index contributed by atoms with van der Waals surface area (Å²) < 4.78 is 93.2. The molecule has 37 heavy (non-hydrogen) atoms. The second-order valence-electron chi connectivity index (χ2n) is 8.91. The number of halogens is 4. The Balaban J connectivity index is 1.53. The number of ether oxygens (including phenoxy) is 1. The highest BCUT2D eigenvalue weighted by molar-refractivity contribution is 7.92. The molecule has 1 fully saturated rings. The minimum Gasteiger partial charge on any atom is -0.495 e. The van der Waals surface area contributed by atoms with E-state index >= 15 is 4.39 Å². The number of nitrogens with one attached hydrogen (secondary N) is 1. The SMILES string of the molecule is COC1=C(n2c(=O)ccc3cc(S(=O)(=O)Nc4ncco4)ccc32)CC(F)C([C@H]2C[C@H](C(F)(F)F)C2)=C1. The van der Waals surface area contributed by atoms with Crippen molar-refractivity contribution in [2.24, 2.45) is 11.8 Å². The number of alkyl halides is 4. The zero-order valence-electron chi connectivity index (χ0n) is 19.3. The zero-order valence-corrected chi connectivity index (χ0v) is 20.1. The predicted molar refractivity (Wildman–Crippen MR) is 126 cm³/mol.